The van der Waals surface area contributed by atoms with Crippen molar-refractivity contribution in [3.63, 3.8) is 0 Å². The van der Waals surface area contributed by atoms with Crippen LogP contribution in [0.1, 0.15) is 18.5 Å². The minimum atomic E-state index is -3.31. The average Bonchev–Trinajstić information content (AvgIpc) is 2.26. The van der Waals surface area contributed by atoms with Crippen LogP contribution in [0.4, 0.5) is 5.69 Å². The molecule has 96 valence electrons. The summed E-state index contributed by atoms with van der Waals surface area (Å²) in [7, 11) is -1.84. The lowest BCUT2D eigenvalue weighted by Gasteiger charge is -2.14. The Labute approximate surface area is 102 Å². The highest BCUT2D eigenvalue weighted by atomic mass is 32.2. The Morgan fingerprint density at radius 2 is 1.94 bits per heavy atom. The number of nitrogen functional groups attached to an aromatic ring is 1. The van der Waals surface area contributed by atoms with Crippen molar-refractivity contribution in [1.29, 1.82) is 0 Å². The number of sulfonamides is 1. The number of rotatable bonds is 6. The summed E-state index contributed by atoms with van der Waals surface area (Å²) >= 11 is 0. The van der Waals surface area contributed by atoms with Crippen LogP contribution in [-0.2, 0) is 14.8 Å². The molecule has 17 heavy (non-hydrogen) atoms. The van der Waals surface area contributed by atoms with Crippen LogP contribution >= 0.6 is 0 Å². The van der Waals surface area contributed by atoms with Crippen molar-refractivity contribution in [1.82, 2.24) is 4.72 Å². The summed E-state index contributed by atoms with van der Waals surface area (Å²) in [5.74, 6) is -0.0389. The Hall–Kier alpha value is -1.11. The summed E-state index contributed by atoms with van der Waals surface area (Å²) in [6, 6.07) is 6.82. The molecule has 1 aromatic carbocycles. The maximum absolute atomic E-state index is 11.6. The largest absolute Gasteiger partial charge is 0.399 e. The van der Waals surface area contributed by atoms with E-state index in [-0.39, 0.29) is 18.4 Å². The lowest BCUT2D eigenvalue weighted by Crippen LogP contribution is -2.30. The van der Waals surface area contributed by atoms with E-state index in [0.717, 1.165) is 5.56 Å². The molecule has 0 amide bonds. The van der Waals surface area contributed by atoms with Gasteiger partial charge in [0, 0.05) is 18.8 Å². The number of methoxy groups -OCH3 is 1. The minimum absolute atomic E-state index is 0.0389. The first kappa shape index (κ1) is 14.0. The Kier molecular flexibility index (Phi) is 4.92. The van der Waals surface area contributed by atoms with Crippen LogP contribution in [0.15, 0.2) is 24.3 Å². The highest BCUT2D eigenvalue weighted by Crippen LogP contribution is 2.15. The zero-order valence-corrected chi connectivity index (χ0v) is 10.8. The molecule has 6 heteroatoms. The summed E-state index contributed by atoms with van der Waals surface area (Å²) in [6.07, 6.45) is 0. The molecule has 0 saturated carbocycles. The predicted molar refractivity (Wildman–Crippen MR) is 68.1 cm³/mol. The molecule has 3 N–H and O–H groups in total. The number of benzene rings is 1. The van der Waals surface area contributed by atoms with Gasteiger partial charge in [-0.05, 0) is 24.6 Å². The van der Waals surface area contributed by atoms with Crippen molar-refractivity contribution >= 4 is 15.7 Å². The molecule has 0 aromatic heterocycles. The third-order valence-electron chi connectivity index (χ3n) is 2.35. The van der Waals surface area contributed by atoms with E-state index >= 15 is 0 Å². The van der Waals surface area contributed by atoms with E-state index in [1.54, 1.807) is 31.2 Å². The Balaban J connectivity index is 2.65. The maximum Gasteiger partial charge on any atom is 0.214 e. The van der Waals surface area contributed by atoms with E-state index in [4.69, 9.17) is 10.5 Å². The summed E-state index contributed by atoms with van der Waals surface area (Å²) in [4.78, 5) is 0. The molecule has 0 saturated heterocycles. The van der Waals surface area contributed by atoms with Crippen LogP contribution in [-0.4, -0.2) is 27.9 Å². The second kappa shape index (κ2) is 6.00. The van der Waals surface area contributed by atoms with Crippen LogP contribution in [0.5, 0.6) is 0 Å². The van der Waals surface area contributed by atoms with Gasteiger partial charge in [0.1, 0.15) is 0 Å². The van der Waals surface area contributed by atoms with Crippen molar-refractivity contribution in [3.05, 3.63) is 29.8 Å². The van der Waals surface area contributed by atoms with Gasteiger partial charge in [-0.25, -0.2) is 13.1 Å². The van der Waals surface area contributed by atoms with Crippen LogP contribution in [0.25, 0.3) is 0 Å². The number of ether oxygens (including phenoxy) is 1. The standard InChI is InChI=1S/C11H18N2O3S/c1-9(10-3-5-11(12)6-4-10)13-17(14,15)8-7-16-2/h3-6,9,13H,7-8,12H2,1-2H3. The second-order valence-electron chi connectivity index (χ2n) is 3.82. The third-order valence-corrected chi connectivity index (χ3v) is 3.77. The second-order valence-corrected chi connectivity index (χ2v) is 5.69. The van der Waals surface area contributed by atoms with Crippen molar-refractivity contribution < 1.29 is 13.2 Å². The molecular weight excluding hydrogens is 240 g/mol. The first-order chi connectivity index (χ1) is 7.94. The average molecular weight is 258 g/mol. The molecule has 0 fully saturated rings. The molecule has 1 atom stereocenters. The Bertz CT molecular complexity index is 442. The van der Waals surface area contributed by atoms with Crippen LogP contribution < -0.4 is 10.5 Å². The fourth-order valence-electron chi connectivity index (χ4n) is 1.37. The molecule has 0 aliphatic rings. The van der Waals surface area contributed by atoms with E-state index in [2.05, 4.69) is 4.72 Å². The summed E-state index contributed by atoms with van der Waals surface area (Å²) in [5, 5.41) is 0. The molecule has 0 heterocycles. The van der Waals surface area contributed by atoms with Gasteiger partial charge in [-0.1, -0.05) is 12.1 Å². The van der Waals surface area contributed by atoms with Gasteiger partial charge in [0.15, 0.2) is 0 Å². The van der Waals surface area contributed by atoms with E-state index in [9.17, 15) is 8.42 Å². The molecule has 0 bridgehead atoms. The van der Waals surface area contributed by atoms with Crippen molar-refractivity contribution in [2.45, 2.75) is 13.0 Å². The quantitative estimate of drug-likeness (QED) is 0.743. The van der Waals surface area contributed by atoms with E-state index in [0.29, 0.717) is 5.69 Å². The zero-order chi connectivity index (χ0) is 12.9. The summed E-state index contributed by atoms with van der Waals surface area (Å²) < 4.78 is 30.6. The van der Waals surface area contributed by atoms with Crippen LogP contribution in [0.2, 0.25) is 0 Å². The van der Waals surface area contributed by atoms with E-state index < -0.39 is 10.0 Å². The van der Waals surface area contributed by atoms with Crippen molar-refractivity contribution in [2.24, 2.45) is 0 Å². The van der Waals surface area contributed by atoms with Gasteiger partial charge >= 0.3 is 0 Å². The van der Waals surface area contributed by atoms with Crippen molar-refractivity contribution in [2.75, 3.05) is 25.2 Å². The van der Waals surface area contributed by atoms with Gasteiger partial charge in [-0.3, -0.25) is 0 Å². The maximum atomic E-state index is 11.6. The highest BCUT2D eigenvalue weighted by molar-refractivity contribution is 7.89. The first-order valence-corrected chi connectivity index (χ1v) is 6.94. The lowest BCUT2D eigenvalue weighted by atomic mass is 10.1. The molecule has 5 nitrogen and oxygen atoms in total. The predicted octanol–water partition coefficient (Wildman–Crippen LogP) is 0.896. The topological polar surface area (TPSA) is 81.4 Å². The molecule has 0 aliphatic carbocycles. The molecule has 1 unspecified atom stereocenters. The van der Waals surface area contributed by atoms with Crippen LogP contribution in [0.3, 0.4) is 0 Å². The fourth-order valence-corrected chi connectivity index (χ4v) is 2.55. The van der Waals surface area contributed by atoms with E-state index in [1.807, 2.05) is 0 Å². The van der Waals surface area contributed by atoms with Gasteiger partial charge in [-0.15, -0.1) is 0 Å². The minimum Gasteiger partial charge on any atom is -0.399 e. The third kappa shape index (κ3) is 4.72. The van der Waals surface area contributed by atoms with E-state index in [1.165, 1.54) is 7.11 Å². The molecule has 1 rings (SSSR count). The normalized spacial score (nSPS) is 13.5. The smallest absolute Gasteiger partial charge is 0.214 e. The number of nitrogens with one attached hydrogen (secondary N) is 1. The molecule has 0 radical (unpaired) electrons. The molecule has 0 spiro atoms. The molecule has 0 aliphatic heterocycles. The monoisotopic (exact) mass is 258 g/mol. The Morgan fingerprint density at radius 3 is 2.47 bits per heavy atom. The zero-order valence-electron chi connectivity index (χ0n) is 10.0. The Morgan fingerprint density at radius 1 is 1.35 bits per heavy atom. The van der Waals surface area contributed by atoms with Crippen LogP contribution in [0, 0.1) is 0 Å². The van der Waals surface area contributed by atoms with Gasteiger partial charge in [-0.2, -0.15) is 0 Å². The number of anilines is 1. The number of nitrogens with two attached hydrogens (primary N) is 1. The van der Waals surface area contributed by atoms with Gasteiger partial charge in [0.25, 0.3) is 0 Å². The van der Waals surface area contributed by atoms with Gasteiger partial charge in [0.05, 0.1) is 12.4 Å². The van der Waals surface area contributed by atoms with Gasteiger partial charge in [0.2, 0.25) is 10.0 Å². The van der Waals surface area contributed by atoms with Gasteiger partial charge < -0.3 is 10.5 Å². The SMILES string of the molecule is COCCS(=O)(=O)NC(C)c1ccc(N)cc1. The van der Waals surface area contributed by atoms with Crippen molar-refractivity contribution in [3.8, 4) is 0 Å². The first-order valence-electron chi connectivity index (χ1n) is 5.29. The lowest BCUT2D eigenvalue weighted by molar-refractivity contribution is 0.216. The highest BCUT2D eigenvalue weighted by Gasteiger charge is 2.15. The molecule has 1 aromatic rings. The fraction of sp³-hybridized carbons (Fsp3) is 0.455. The number of hydrogen-bond donors (Lipinski definition) is 2. The number of hydrogen-bond acceptors (Lipinski definition) is 4. The summed E-state index contributed by atoms with van der Waals surface area (Å²) in [6.45, 7) is 1.97. The summed E-state index contributed by atoms with van der Waals surface area (Å²) in [5.41, 5.74) is 7.10. The molecular formula is C11H18N2O3S.